The van der Waals surface area contributed by atoms with E-state index in [9.17, 15) is 9.59 Å². The molecule has 9 heteroatoms. The number of aryl methyl sites for hydroxylation is 1. The number of imidazole rings is 1. The van der Waals surface area contributed by atoms with Crippen molar-refractivity contribution in [1.82, 2.24) is 19.0 Å². The number of pyridine rings is 1. The summed E-state index contributed by atoms with van der Waals surface area (Å²) in [6.45, 7) is 2.45. The van der Waals surface area contributed by atoms with E-state index >= 15 is 0 Å². The van der Waals surface area contributed by atoms with Crippen LogP contribution in [0, 0.1) is 5.92 Å². The number of fused-ring (bicyclic) bond motifs is 1. The van der Waals surface area contributed by atoms with E-state index in [4.69, 9.17) is 9.72 Å². The van der Waals surface area contributed by atoms with E-state index in [1.54, 1.807) is 11.6 Å². The Bertz CT molecular complexity index is 915. The molecule has 2 aromatic rings. The van der Waals surface area contributed by atoms with E-state index in [-0.39, 0.29) is 16.4 Å². The van der Waals surface area contributed by atoms with Crippen LogP contribution in [0.5, 0.6) is 0 Å². The zero-order valence-corrected chi connectivity index (χ0v) is 18.2. The van der Waals surface area contributed by atoms with Crippen LogP contribution in [-0.4, -0.2) is 81.7 Å². The Kier molecular flexibility index (Phi) is 7.09. The number of nitrogens with zero attached hydrogens (tertiary/aromatic N) is 5. The van der Waals surface area contributed by atoms with Crippen molar-refractivity contribution >= 4 is 39.3 Å². The predicted octanol–water partition coefficient (Wildman–Crippen LogP) is 1.60. The van der Waals surface area contributed by atoms with E-state index in [0.717, 1.165) is 55.8 Å². The average molecular weight is 395 g/mol. The van der Waals surface area contributed by atoms with Gasteiger partial charge in [0.05, 0.1) is 0 Å². The minimum absolute atomic E-state index is 0.0167. The Morgan fingerprint density at radius 2 is 1.90 bits per heavy atom. The summed E-state index contributed by atoms with van der Waals surface area (Å²) < 4.78 is 8.61. The third-order valence-corrected chi connectivity index (χ3v) is 5.82. The summed E-state index contributed by atoms with van der Waals surface area (Å²) in [5, 5.41) is 0. The Morgan fingerprint density at radius 1 is 1.21 bits per heavy atom. The molecule has 2 heterocycles. The first-order chi connectivity index (χ1) is 13.8. The topological polar surface area (TPSA) is 72.6 Å². The summed E-state index contributed by atoms with van der Waals surface area (Å²) in [6.07, 6.45) is 3.63. The standard InChI is InChI=1S/C20H30N5O3.Li/c1-22(2)11-12-23(3)18-10-9-17-19(21-18)25(20(27)24(17)4)13-15-5-7-16(8-6-15)28-14-26;/h9-10,15-16H,5-8,11-13H2,1-4H3;. The van der Waals surface area contributed by atoms with Crippen LogP contribution in [0.1, 0.15) is 25.7 Å². The van der Waals surface area contributed by atoms with Crippen molar-refractivity contribution in [2.45, 2.75) is 38.3 Å². The number of rotatable bonds is 7. The molecular weight excluding hydrogens is 365 g/mol. The summed E-state index contributed by atoms with van der Waals surface area (Å²) in [5.74, 6) is 1.26. The van der Waals surface area contributed by atoms with Gasteiger partial charge in [0.2, 0.25) is 0 Å². The van der Waals surface area contributed by atoms with Crippen LogP contribution >= 0.6 is 0 Å². The normalized spacial score (nSPS) is 19.7. The Morgan fingerprint density at radius 3 is 2.52 bits per heavy atom. The molecule has 0 bridgehead atoms. The van der Waals surface area contributed by atoms with Gasteiger partial charge >= 0.3 is 142 Å². The molecule has 0 amide bonds. The molecule has 0 radical (unpaired) electrons. The van der Waals surface area contributed by atoms with Gasteiger partial charge in [-0.15, -0.1) is 0 Å². The molecule has 0 spiro atoms. The average Bonchev–Trinajstić information content (AvgIpc) is 2.91. The van der Waals surface area contributed by atoms with Crippen molar-refractivity contribution in [3.05, 3.63) is 22.6 Å². The second-order valence-corrected chi connectivity index (χ2v) is 8.44. The third kappa shape index (κ3) is 5.24. The Balaban J connectivity index is 1.78. The van der Waals surface area contributed by atoms with Gasteiger partial charge in [-0.05, 0) is 14.1 Å². The number of aromatic nitrogens is 3. The zero-order chi connectivity index (χ0) is 21.1. The van der Waals surface area contributed by atoms with E-state index in [1.165, 1.54) is 17.7 Å². The second kappa shape index (κ2) is 9.37. The van der Waals surface area contributed by atoms with Gasteiger partial charge in [-0.2, -0.15) is 0 Å². The number of carbonyl (C=O) groups is 1. The Labute approximate surface area is 181 Å². The van der Waals surface area contributed by atoms with Crippen LogP contribution in [0.3, 0.4) is 0 Å². The molecule has 0 saturated heterocycles. The first kappa shape index (κ1) is 21.9. The van der Waals surface area contributed by atoms with E-state index in [0.29, 0.717) is 12.5 Å². The van der Waals surface area contributed by atoms with Gasteiger partial charge < -0.3 is 4.90 Å². The first-order valence-electron chi connectivity index (χ1n) is 10.4. The van der Waals surface area contributed by atoms with Crippen molar-refractivity contribution in [2.75, 3.05) is 39.1 Å². The third-order valence-electron chi connectivity index (χ3n) is 5.82. The number of hydrogen-bond donors (Lipinski definition) is 0. The molecule has 0 unspecified atom stereocenters. The van der Waals surface area contributed by atoms with Gasteiger partial charge in [-0.3, -0.25) is 0 Å². The molecule has 1 saturated carbocycles. The van der Waals surface area contributed by atoms with Crippen molar-refractivity contribution in [1.29, 1.82) is 0 Å². The van der Waals surface area contributed by atoms with Crippen molar-refractivity contribution < 1.29 is 9.53 Å². The van der Waals surface area contributed by atoms with Gasteiger partial charge in [-0.25, -0.2) is 0 Å². The quantitative estimate of drug-likeness (QED) is 0.663. The predicted molar refractivity (Wildman–Crippen MR) is 115 cm³/mol. The number of carbonyl (C=O) groups excluding carboxylic acids is 1. The van der Waals surface area contributed by atoms with Crippen molar-refractivity contribution in [3.8, 4) is 0 Å². The molecule has 29 heavy (non-hydrogen) atoms. The van der Waals surface area contributed by atoms with Gasteiger partial charge in [0.25, 0.3) is 0 Å². The van der Waals surface area contributed by atoms with Gasteiger partial charge in [0.1, 0.15) is 0 Å². The minimum atomic E-state index is -0.214. The summed E-state index contributed by atoms with van der Waals surface area (Å²) in [7, 11) is 7.93. The molecular formula is C20H30LiN5O3. The van der Waals surface area contributed by atoms with Crippen LogP contribution in [0.2, 0.25) is 0 Å². The Hall–Kier alpha value is -1.75. The van der Waals surface area contributed by atoms with E-state index in [2.05, 4.69) is 23.9 Å². The van der Waals surface area contributed by atoms with Crippen LogP contribution in [-0.2, 0) is 18.3 Å². The van der Waals surface area contributed by atoms with E-state index in [1.807, 2.05) is 23.7 Å². The fraction of sp³-hybridized carbons (Fsp3) is 0.650. The maximum atomic E-state index is 12.9. The SMILES string of the molecule is [Li][C](=O)OC1CCC(Cn2c(=O)n(C)c3ccc(N(C)CCN(C)C)nc32)CC1. The maximum absolute atomic E-state index is 12.9. The molecule has 1 fully saturated rings. The van der Waals surface area contributed by atoms with Crippen LogP contribution < -0.4 is 10.6 Å². The van der Waals surface area contributed by atoms with E-state index < -0.39 is 0 Å². The fourth-order valence-corrected chi connectivity index (χ4v) is 4.03. The van der Waals surface area contributed by atoms with Crippen LogP contribution in [0.25, 0.3) is 11.2 Å². The molecule has 1 aliphatic rings. The number of hydrogen-bond acceptors (Lipinski definition) is 6. The molecule has 2 aromatic heterocycles. The number of ether oxygens (including phenoxy) is 1. The van der Waals surface area contributed by atoms with Crippen molar-refractivity contribution in [2.24, 2.45) is 13.0 Å². The van der Waals surface area contributed by atoms with Gasteiger partial charge in [-0.1, -0.05) is 0 Å². The number of anilines is 1. The first-order valence-corrected chi connectivity index (χ1v) is 10.4. The molecule has 0 aromatic carbocycles. The van der Waals surface area contributed by atoms with Crippen LogP contribution in [0.15, 0.2) is 16.9 Å². The summed E-state index contributed by atoms with van der Waals surface area (Å²) in [6, 6.07) is 3.96. The second-order valence-electron chi connectivity index (χ2n) is 8.44. The monoisotopic (exact) mass is 395 g/mol. The fourth-order valence-electron chi connectivity index (χ4n) is 4.03. The summed E-state index contributed by atoms with van der Waals surface area (Å²) >= 11 is 1.46. The van der Waals surface area contributed by atoms with Crippen LogP contribution in [0.4, 0.5) is 10.6 Å². The van der Waals surface area contributed by atoms with Gasteiger partial charge in [0.15, 0.2) is 0 Å². The zero-order valence-electron chi connectivity index (χ0n) is 18.2. The number of likely N-dealkylation sites (N-methyl/N-ethyl adjacent to an activating group) is 2. The molecule has 0 aliphatic heterocycles. The van der Waals surface area contributed by atoms with Gasteiger partial charge in [0, 0.05) is 20.1 Å². The molecule has 3 rings (SSSR count). The van der Waals surface area contributed by atoms with Crippen molar-refractivity contribution in [3.63, 3.8) is 0 Å². The summed E-state index contributed by atoms with van der Waals surface area (Å²) in [5.41, 5.74) is 1.57. The molecule has 154 valence electrons. The molecule has 1 aliphatic carbocycles. The molecule has 0 N–H and O–H groups in total. The summed E-state index contributed by atoms with van der Waals surface area (Å²) in [4.78, 5) is 33.1. The molecule has 8 nitrogen and oxygen atoms in total. The molecule has 0 atom stereocenters.